The summed E-state index contributed by atoms with van der Waals surface area (Å²) in [6.07, 6.45) is 2.12. The molecule has 0 unspecified atom stereocenters. The van der Waals surface area contributed by atoms with Crippen molar-refractivity contribution in [1.29, 1.82) is 0 Å². The predicted molar refractivity (Wildman–Crippen MR) is 51.7 cm³/mol. The summed E-state index contributed by atoms with van der Waals surface area (Å²) in [7, 11) is 0. The molecule has 0 aromatic heterocycles. The molecule has 0 atom stereocenters. The van der Waals surface area contributed by atoms with Crippen LogP contribution in [0.1, 0.15) is 19.8 Å². The molecule has 4 heteroatoms. The lowest BCUT2D eigenvalue weighted by atomic mass is 9.98. The topological polar surface area (TPSA) is 6.48 Å². The summed E-state index contributed by atoms with van der Waals surface area (Å²) in [6, 6.07) is 0.414. The largest absolute Gasteiger partial charge is 0.303 e. The standard InChI is InChI=1S/C10H18F2N2/c1-2-13-5-3-9(4-6-13)14-7-10(11,12)8-14/h9H,2-8H2,1H3. The highest BCUT2D eigenvalue weighted by Gasteiger charge is 2.46. The van der Waals surface area contributed by atoms with Crippen molar-refractivity contribution in [1.82, 2.24) is 9.80 Å². The Hall–Kier alpha value is -0.220. The number of piperidine rings is 1. The average molecular weight is 204 g/mol. The van der Waals surface area contributed by atoms with E-state index in [1.807, 2.05) is 4.90 Å². The molecule has 0 radical (unpaired) electrons. The second-order valence-electron chi connectivity index (χ2n) is 4.43. The molecule has 2 nitrogen and oxygen atoms in total. The minimum atomic E-state index is -2.40. The molecule has 0 aromatic rings. The first-order valence-electron chi connectivity index (χ1n) is 5.45. The Morgan fingerprint density at radius 3 is 2.21 bits per heavy atom. The Bertz CT molecular complexity index is 192. The third kappa shape index (κ3) is 2.06. The van der Waals surface area contributed by atoms with Crippen molar-refractivity contribution in [2.24, 2.45) is 0 Å². The van der Waals surface area contributed by atoms with E-state index in [9.17, 15) is 8.78 Å². The molecular formula is C10H18F2N2. The van der Waals surface area contributed by atoms with Crippen molar-refractivity contribution in [3.05, 3.63) is 0 Å². The van der Waals surface area contributed by atoms with Crippen LogP contribution in [0, 0.1) is 0 Å². The summed E-state index contributed by atoms with van der Waals surface area (Å²) in [5, 5.41) is 0. The van der Waals surface area contributed by atoms with Gasteiger partial charge >= 0.3 is 0 Å². The monoisotopic (exact) mass is 204 g/mol. The molecular weight excluding hydrogens is 186 g/mol. The smallest absolute Gasteiger partial charge is 0.272 e. The Kier molecular flexibility index (Phi) is 2.75. The van der Waals surface area contributed by atoms with Crippen LogP contribution in [0.3, 0.4) is 0 Å². The van der Waals surface area contributed by atoms with Crippen molar-refractivity contribution in [2.75, 3.05) is 32.7 Å². The van der Waals surface area contributed by atoms with Gasteiger partial charge in [0.15, 0.2) is 0 Å². The van der Waals surface area contributed by atoms with Crippen LogP contribution in [0.5, 0.6) is 0 Å². The van der Waals surface area contributed by atoms with Crippen molar-refractivity contribution < 1.29 is 8.78 Å². The third-order valence-corrected chi connectivity index (χ3v) is 3.39. The van der Waals surface area contributed by atoms with Crippen LogP contribution in [-0.2, 0) is 0 Å². The number of hydrogen-bond donors (Lipinski definition) is 0. The highest BCUT2D eigenvalue weighted by Crippen LogP contribution is 2.31. The van der Waals surface area contributed by atoms with Crippen LogP contribution in [0.25, 0.3) is 0 Å². The van der Waals surface area contributed by atoms with Crippen molar-refractivity contribution in [3.8, 4) is 0 Å². The van der Waals surface area contributed by atoms with Gasteiger partial charge in [-0.05, 0) is 32.5 Å². The van der Waals surface area contributed by atoms with E-state index < -0.39 is 5.92 Å². The third-order valence-electron chi connectivity index (χ3n) is 3.39. The van der Waals surface area contributed by atoms with E-state index in [-0.39, 0.29) is 13.1 Å². The van der Waals surface area contributed by atoms with Crippen LogP contribution in [0.4, 0.5) is 8.78 Å². The molecule has 0 aromatic carbocycles. The molecule has 2 aliphatic rings. The molecule has 2 rings (SSSR count). The van der Waals surface area contributed by atoms with E-state index in [1.54, 1.807) is 0 Å². The molecule has 0 bridgehead atoms. The lowest BCUT2D eigenvalue weighted by molar-refractivity contribution is -0.151. The number of hydrogen-bond acceptors (Lipinski definition) is 2. The van der Waals surface area contributed by atoms with Gasteiger partial charge in [-0.15, -0.1) is 0 Å². The zero-order chi connectivity index (χ0) is 10.2. The molecule has 14 heavy (non-hydrogen) atoms. The average Bonchev–Trinajstić information content (AvgIpc) is 2.14. The second-order valence-corrected chi connectivity index (χ2v) is 4.43. The number of halogens is 2. The maximum atomic E-state index is 12.6. The van der Waals surface area contributed by atoms with E-state index in [0.717, 1.165) is 32.5 Å². The SMILES string of the molecule is CCN1CCC(N2CC(F)(F)C2)CC1. The lowest BCUT2D eigenvalue weighted by Gasteiger charge is -2.46. The lowest BCUT2D eigenvalue weighted by Crippen LogP contribution is -2.61. The molecule has 82 valence electrons. The Balaban J connectivity index is 1.74. The van der Waals surface area contributed by atoms with Gasteiger partial charge < -0.3 is 4.90 Å². The maximum Gasteiger partial charge on any atom is 0.272 e. The summed E-state index contributed by atoms with van der Waals surface area (Å²) >= 11 is 0. The molecule has 2 fully saturated rings. The van der Waals surface area contributed by atoms with Gasteiger partial charge in [0, 0.05) is 6.04 Å². The van der Waals surface area contributed by atoms with Crippen molar-refractivity contribution >= 4 is 0 Å². The fraction of sp³-hybridized carbons (Fsp3) is 1.00. The Labute approximate surface area is 83.9 Å². The number of alkyl halides is 2. The van der Waals surface area contributed by atoms with Gasteiger partial charge in [0.1, 0.15) is 0 Å². The molecule has 2 aliphatic heterocycles. The van der Waals surface area contributed by atoms with Gasteiger partial charge in [-0.1, -0.05) is 6.92 Å². The van der Waals surface area contributed by atoms with E-state index in [1.165, 1.54) is 0 Å². The zero-order valence-electron chi connectivity index (χ0n) is 8.68. The molecule has 0 N–H and O–H groups in total. The summed E-state index contributed by atoms with van der Waals surface area (Å²) in [5.74, 6) is -2.40. The summed E-state index contributed by atoms with van der Waals surface area (Å²) in [6.45, 7) is 5.36. The quantitative estimate of drug-likeness (QED) is 0.671. The molecule has 2 heterocycles. The van der Waals surface area contributed by atoms with Gasteiger partial charge in [-0.3, -0.25) is 4.90 Å². The Morgan fingerprint density at radius 2 is 1.79 bits per heavy atom. The molecule has 2 saturated heterocycles. The van der Waals surface area contributed by atoms with Gasteiger partial charge in [0.25, 0.3) is 5.92 Å². The van der Waals surface area contributed by atoms with E-state index in [4.69, 9.17) is 0 Å². The van der Waals surface area contributed by atoms with E-state index in [2.05, 4.69) is 11.8 Å². The van der Waals surface area contributed by atoms with Crippen molar-refractivity contribution in [3.63, 3.8) is 0 Å². The van der Waals surface area contributed by atoms with Crippen LogP contribution < -0.4 is 0 Å². The molecule has 0 saturated carbocycles. The number of rotatable bonds is 2. The molecule has 0 amide bonds. The van der Waals surface area contributed by atoms with Gasteiger partial charge in [-0.2, -0.15) is 0 Å². The molecule has 0 spiro atoms. The number of likely N-dealkylation sites (tertiary alicyclic amines) is 2. The summed E-state index contributed by atoms with van der Waals surface area (Å²) in [4.78, 5) is 4.32. The van der Waals surface area contributed by atoms with E-state index >= 15 is 0 Å². The van der Waals surface area contributed by atoms with Gasteiger partial charge in [0.05, 0.1) is 13.1 Å². The minimum Gasteiger partial charge on any atom is -0.303 e. The van der Waals surface area contributed by atoms with E-state index in [0.29, 0.717) is 6.04 Å². The van der Waals surface area contributed by atoms with Crippen LogP contribution in [0.2, 0.25) is 0 Å². The fourth-order valence-corrected chi connectivity index (χ4v) is 2.41. The van der Waals surface area contributed by atoms with Crippen LogP contribution in [0.15, 0.2) is 0 Å². The minimum absolute atomic E-state index is 0.0101. The van der Waals surface area contributed by atoms with Crippen LogP contribution in [-0.4, -0.2) is 54.5 Å². The zero-order valence-corrected chi connectivity index (χ0v) is 8.68. The Morgan fingerprint density at radius 1 is 1.21 bits per heavy atom. The fourth-order valence-electron chi connectivity index (χ4n) is 2.41. The maximum absolute atomic E-state index is 12.6. The van der Waals surface area contributed by atoms with Crippen LogP contribution >= 0.6 is 0 Å². The highest BCUT2D eigenvalue weighted by atomic mass is 19.3. The predicted octanol–water partition coefficient (Wildman–Crippen LogP) is 1.42. The van der Waals surface area contributed by atoms with Crippen molar-refractivity contribution in [2.45, 2.75) is 31.7 Å². The first kappa shape index (κ1) is 10.3. The van der Waals surface area contributed by atoms with Gasteiger partial charge in [0.2, 0.25) is 0 Å². The normalized spacial score (nSPS) is 30.2. The summed E-state index contributed by atoms with van der Waals surface area (Å²) in [5.41, 5.74) is 0. The first-order chi connectivity index (χ1) is 6.61. The van der Waals surface area contributed by atoms with Gasteiger partial charge in [-0.25, -0.2) is 8.78 Å². The second kappa shape index (κ2) is 3.74. The first-order valence-corrected chi connectivity index (χ1v) is 5.45. The molecule has 0 aliphatic carbocycles. The number of nitrogens with zero attached hydrogens (tertiary/aromatic N) is 2. The highest BCUT2D eigenvalue weighted by molar-refractivity contribution is 4.93. The summed E-state index contributed by atoms with van der Waals surface area (Å²) < 4.78 is 25.3.